The summed E-state index contributed by atoms with van der Waals surface area (Å²) in [4.78, 5) is 26.3. The van der Waals surface area contributed by atoms with E-state index in [1.807, 2.05) is 36.3 Å². The molecule has 9 nitrogen and oxygen atoms in total. The maximum atomic E-state index is 12.9. The SMILES string of the molecule is CN[C@@H](CC(C)C)C(=O)N1CCN(c2ccn3ncc(-c4cccnc4OC)c3n2)CC1. The van der Waals surface area contributed by atoms with Gasteiger partial charge in [-0.1, -0.05) is 13.8 Å². The second kappa shape index (κ2) is 9.52. The summed E-state index contributed by atoms with van der Waals surface area (Å²) in [6, 6.07) is 5.67. The van der Waals surface area contributed by atoms with Crippen molar-refractivity contribution in [2.24, 2.45) is 5.92 Å². The van der Waals surface area contributed by atoms with Crippen LogP contribution >= 0.6 is 0 Å². The summed E-state index contributed by atoms with van der Waals surface area (Å²) in [5, 5.41) is 7.62. The average molecular weight is 438 g/mol. The van der Waals surface area contributed by atoms with Gasteiger partial charge in [0.15, 0.2) is 5.65 Å². The van der Waals surface area contributed by atoms with Crippen LogP contribution in [0.4, 0.5) is 5.82 Å². The van der Waals surface area contributed by atoms with Gasteiger partial charge < -0.3 is 19.9 Å². The smallest absolute Gasteiger partial charge is 0.239 e. The van der Waals surface area contributed by atoms with E-state index < -0.39 is 0 Å². The van der Waals surface area contributed by atoms with Crippen LogP contribution in [0.15, 0.2) is 36.8 Å². The average Bonchev–Trinajstić information content (AvgIpc) is 3.25. The molecule has 0 aromatic carbocycles. The van der Waals surface area contributed by atoms with Crippen LogP contribution in [-0.4, -0.2) is 76.8 Å². The van der Waals surface area contributed by atoms with Crippen molar-refractivity contribution in [3.63, 3.8) is 0 Å². The number of aromatic nitrogens is 4. The molecule has 3 aromatic rings. The Morgan fingerprint density at radius 3 is 2.66 bits per heavy atom. The highest BCUT2D eigenvalue weighted by Crippen LogP contribution is 2.31. The van der Waals surface area contributed by atoms with Crippen molar-refractivity contribution in [1.82, 2.24) is 29.8 Å². The fourth-order valence-corrected chi connectivity index (χ4v) is 4.17. The minimum atomic E-state index is -0.125. The van der Waals surface area contributed by atoms with Gasteiger partial charge in [-0.3, -0.25) is 4.79 Å². The van der Waals surface area contributed by atoms with Gasteiger partial charge in [-0.15, -0.1) is 0 Å². The number of likely N-dealkylation sites (N-methyl/N-ethyl adjacent to an activating group) is 1. The number of carbonyl (C=O) groups is 1. The molecular formula is C23H31N7O2. The van der Waals surface area contributed by atoms with E-state index in [1.165, 1.54) is 0 Å². The molecule has 1 amide bonds. The Morgan fingerprint density at radius 2 is 1.97 bits per heavy atom. The first-order valence-corrected chi connectivity index (χ1v) is 11.1. The number of ether oxygens (including phenoxy) is 1. The molecule has 4 heterocycles. The molecule has 0 radical (unpaired) electrons. The summed E-state index contributed by atoms with van der Waals surface area (Å²) in [5.41, 5.74) is 2.48. The van der Waals surface area contributed by atoms with Crippen LogP contribution < -0.4 is 15.0 Å². The van der Waals surface area contributed by atoms with Gasteiger partial charge in [0.2, 0.25) is 11.8 Å². The number of pyridine rings is 1. The maximum Gasteiger partial charge on any atom is 0.239 e. The summed E-state index contributed by atoms with van der Waals surface area (Å²) in [5.74, 6) is 2.08. The number of fused-ring (bicyclic) bond motifs is 1. The Bertz CT molecular complexity index is 1070. The van der Waals surface area contributed by atoms with Crippen LogP contribution in [0.5, 0.6) is 5.88 Å². The molecular weight excluding hydrogens is 406 g/mol. The van der Waals surface area contributed by atoms with E-state index in [1.54, 1.807) is 24.0 Å². The Balaban J connectivity index is 1.51. The number of nitrogens with zero attached hydrogens (tertiary/aromatic N) is 6. The molecule has 1 atom stereocenters. The molecule has 1 aliphatic rings. The van der Waals surface area contributed by atoms with Gasteiger partial charge in [0, 0.05) is 44.1 Å². The van der Waals surface area contributed by atoms with Crippen LogP contribution in [-0.2, 0) is 4.79 Å². The molecule has 1 saturated heterocycles. The summed E-state index contributed by atoms with van der Waals surface area (Å²) in [6.07, 6.45) is 6.25. The van der Waals surface area contributed by atoms with Gasteiger partial charge in [-0.2, -0.15) is 5.10 Å². The first-order valence-electron chi connectivity index (χ1n) is 11.1. The van der Waals surface area contributed by atoms with Gasteiger partial charge in [0.05, 0.1) is 24.9 Å². The van der Waals surface area contributed by atoms with E-state index in [2.05, 4.69) is 34.1 Å². The number of carbonyl (C=O) groups excluding carboxylic acids is 1. The van der Waals surface area contributed by atoms with Crippen molar-refractivity contribution in [3.05, 3.63) is 36.8 Å². The zero-order valence-electron chi connectivity index (χ0n) is 19.2. The molecule has 0 aliphatic carbocycles. The Hall–Kier alpha value is -3.20. The third-order valence-electron chi connectivity index (χ3n) is 5.88. The highest BCUT2D eigenvalue weighted by atomic mass is 16.5. The van der Waals surface area contributed by atoms with E-state index in [-0.39, 0.29) is 11.9 Å². The van der Waals surface area contributed by atoms with Crippen molar-refractivity contribution in [2.45, 2.75) is 26.3 Å². The highest BCUT2D eigenvalue weighted by Gasteiger charge is 2.27. The molecule has 0 bridgehead atoms. The molecule has 9 heteroatoms. The quantitative estimate of drug-likeness (QED) is 0.605. The number of rotatable bonds is 7. The van der Waals surface area contributed by atoms with Gasteiger partial charge in [-0.05, 0) is 37.6 Å². The van der Waals surface area contributed by atoms with Crippen LogP contribution in [0, 0.1) is 5.92 Å². The lowest BCUT2D eigenvalue weighted by atomic mass is 10.0. The first kappa shape index (κ1) is 22.0. The minimum absolute atomic E-state index is 0.125. The molecule has 0 spiro atoms. The summed E-state index contributed by atoms with van der Waals surface area (Å²) >= 11 is 0. The second-order valence-corrected chi connectivity index (χ2v) is 8.46. The molecule has 3 aromatic heterocycles. The molecule has 1 N–H and O–H groups in total. The van der Waals surface area contributed by atoms with Crippen molar-refractivity contribution >= 4 is 17.4 Å². The van der Waals surface area contributed by atoms with Crippen LogP contribution in [0.25, 0.3) is 16.8 Å². The van der Waals surface area contributed by atoms with Crippen molar-refractivity contribution in [1.29, 1.82) is 0 Å². The summed E-state index contributed by atoms with van der Waals surface area (Å²) < 4.78 is 7.18. The Morgan fingerprint density at radius 1 is 1.19 bits per heavy atom. The minimum Gasteiger partial charge on any atom is -0.481 e. The lowest BCUT2D eigenvalue weighted by Crippen LogP contribution is -2.54. The number of hydrogen-bond acceptors (Lipinski definition) is 7. The Labute approximate surface area is 188 Å². The summed E-state index contributed by atoms with van der Waals surface area (Å²) in [7, 11) is 3.47. The number of hydrogen-bond donors (Lipinski definition) is 1. The molecule has 0 saturated carbocycles. The molecule has 170 valence electrons. The molecule has 1 aliphatic heterocycles. The zero-order chi connectivity index (χ0) is 22.7. The van der Waals surface area contributed by atoms with Gasteiger partial charge >= 0.3 is 0 Å². The predicted molar refractivity (Wildman–Crippen MR) is 124 cm³/mol. The van der Waals surface area contributed by atoms with E-state index >= 15 is 0 Å². The van der Waals surface area contributed by atoms with Gasteiger partial charge in [-0.25, -0.2) is 14.5 Å². The van der Waals surface area contributed by atoms with Gasteiger partial charge in [0.25, 0.3) is 0 Å². The first-order chi connectivity index (χ1) is 15.5. The maximum absolute atomic E-state index is 12.9. The topological polar surface area (TPSA) is 87.9 Å². The number of nitrogens with one attached hydrogen (secondary N) is 1. The second-order valence-electron chi connectivity index (χ2n) is 8.46. The fraction of sp³-hybridized carbons (Fsp3) is 0.478. The van der Waals surface area contributed by atoms with E-state index in [0.717, 1.165) is 42.1 Å². The highest BCUT2D eigenvalue weighted by molar-refractivity contribution is 5.82. The van der Waals surface area contributed by atoms with Crippen LogP contribution in [0.1, 0.15) is 20.3 Å². The van der Waals surface area contributed by atoms with Crippen molar-refractivity contribution < 1.29 is 9.53 Å². The lowest BCUT2D eigenvalue weighted by molar-refractivity contribution is -0.134. The van der Waals surface area contributed by atoms with Crippen molar-refractivity contribution in [3.8, 4) is 17.0 Å². The molecule has 0 unspecified atom stereocenters. The molecule has 32 heavy (non-hydrogen) atoms. The lowest BCUT2D eigenvalue weighted by Gasteiger charge is -2.37. The fourth-order valence-electron chi connectivity index (χ4n) is 4.17. The third-order valence-corrected chi connectivity index (χ3v) is 5.88. The number of piperazine rings is 1. The van der Waals surface area contributed by atoms with E-state index in [9.17, 15) is 4.79 Å². The zero-order valence-corrected chi connectivity index (χ0v) is 19.2. The third kappa shape index (κ3) is 4.38. The molecule has 4 rings (SSSR count). The Kier molecular flexibility index (Phi) is 6.55. The van der Waals surface area contributed by atoms with Crippen molar-refractivity contribution in [2.75, 3.05) is 45.2 Å². The van der Waals surface area contributed by atoms with Crippen LogP contribution in [0.3, 0.4) is 0 Å². The number of anilines is 1. The van der Waals surface area contributed by atoms with Gasteiger partial charge in [0.1, 0.15) is 5.82 Å². The standard InChI is InChI=1S/C23H31N7O2/c1-16(2)14-19(24-3)23(31)29-12-10-28(11-13-29)20-7-9-30-21(27-20)18(15-26-30)17-6-5-8-25-22(17)32-4/h5-9,15-16,19,24H,10-14H2,1-4H3/t19-/m0/s1. The predicted octanol–water partition coefficient (Wildman–Crippen LogP) is 2.08. The van der Waals surface area contributed by atoms with E-state index in [0.29, 0.717) is 24.9 Å². The number of methoxy groups -OCH3 is 1. The normalized spacial score (nSPS) is 15.4. The largest absolute Gasteiger partial charge is 0.481 e. The number of amides is 1. The summed E-state index contributed by atoms with van der Waals surface area (Å²) in [6.45, 7) is 7.14. The van der Waals surface area contributed by atoms with E-state index in [4.69, 9.17) is 9.72 Å². The van der Waals surface area contributed by atoms with Crippen LogP contribution in [0.2, 0.25) is 0 Å². The molecule has 1 fully saturated rings. The monoisotopic (exact) mass is 437 g/mol.